The molecule has 1 aromatic heterocycles. The number of aryl methyl sites for hydroxylation is 1. The first-order valence-electron chi connectivity index (χ1n) is 6.43. The SMILES string of the molecule is Cc1cc(Cl)cc(-c2nnc(C(Cl)c3ccccc3)s2)c1. The number of benzene rings is 2. The highest BCUT2D eigenvalue weighted by Gasteiger charge is 2.17. The van der Waals surface area contributed by atoms with Gasteiger partial charge in [0.25, 0.3) is 0 Å². The zero-order valence-electron chi connectivity index (χ0n) is 11.3. The van der Waals surface area contributed by atoms with Crippen LogP contribution in [0.25, 0.3) is 10.6 Å². The lowest BCUT2D eigenvalue weighted by atomic mass is 10.1. The summed E-state index contributed by atoms with van der Waals surface area (Å²) in [7, 11) is 0. The van der Waals surface area contributed by atoms with Crippen LogP contribution in [0.5, 0.6) is 0 Å². The summed E-state index contributed by atoms with van der Waals surface area (Å²) in [6.07, 6.45) is 0. The summed E-state index contributed by atoms with van der Waals surface area (Å²) in [6.45, 7) is 2.01. The Bertz CT molecular complexity index is 736. The van der Waals surface area contributed by atoms with Gasteiger partial charge in [-0.2, -0.15) is 0 Å². The minimum absolute atomic E-state index is 0.280. The minimum atomic E-state index is -0.280. The molecule has 21 heavy (non-hydrogen) atoms. The monoisotopic (exact) mass is 334 g/mol. The lowest BCUT2D eigenvalue weighted by Crippen LogP contribution is -1.91. The summed E-state index contributed by atoms with van der Waals surface area (Å²) in [5.74, 6) is 0. The summed E-state index contributed by atoms with van der Waals surface area (Å²) < 4.78 is 0. The van der Waals surface area contributed by atoms with Gasteiger partial charge in [0, 0.05) is 10.6 Å². The van der Waals surface area contributed by atoms with Crippen molar-refractivity contribution in [2.24, 2.45) is 0 Å². The Morgan fingerprint density at radius 2 is 1.81 bits per heavy atom. The van der Waals surface area contributed by atoms with Gasteiger partial charge in [-0.05, 0) is 36.2 Å². The molecule has 0 aliphatic rings. The smallest absolute Gasteiger partial charge is 0.141 e. The molecule has 0 amide bonds. The fraction of sp³-hybridized carbons (Fsp3) is 0.125. The molecule has 1 atom stereocenters. The molecule has 3 rings (SSSR count). The van der Waals surface area contributed by atoms with Crippen LogP contribution in [0.1, 0.15) is 21.5 Å². The molecule has 0 saturated heterocycles. The lowest BCUT2D eigenvalue weighted by Gasteiger charge is -2.04. The van der Waals surface area contributed by atoms with Crippen molar-refractivity contribution in [2.45, 2.75) is 12.3 Å². The van der Waals surface area contributed by atoms with Crippen molar-refractivity contribution < 1.29 is 0 Å². The first kappa shape index (κ1) is 14.5. The van der Waals surface area contributed by atoms with E-state index in [1.54, 1.807) is 0 Å². The van der Waals surface area contributed by atoms with Crippen LogP contribution in [0.3, 0.4) is 0 Å². The number of hydrogen-bond donors (Lipinski definition) is 0. The van der Waals surface area contributed by atoms with E-state index >= 15 is 0 Å². The van der Waals surface area contributed by atoms with Crippen LogP contribution in [0, 0.1) is 6.92 Å². The van der Waals surface area contributed by atoms with Crippen molar-refractivity contribution in [3.8, 4) is 10.6 Å². The van der Waals surface area contributed by atoms with Crippen LogP contribution in [0.4, 0.5) is 0 Å². The van der Waals surface area contributed by atoms with Crippen molar-refractivity contribution in [1.29, 1.82) is 0 Å². The molecule has 0 N–H and O–H groups in total. The highest BCUT2D eigenvalue weighted by molar-refractivity contribution is 7.15. The van der Waals surface area contributed by atoms with Gasteiger partial charge in [0.05, 0.1) is 0 Å². The maximum Gasteiger partial charge on any atom is 0.147 e. The Kier molecular flexibility index (Phi) is 4.24. The lowest BCUT2D eigenvalue weighted by molar-refractivity contribution is 0.988. The van der Waals surface area contributed by atoms with Gasteiger partial charge in [-0.1, -0.05) is 53.3 Å². The Morgan fingerprint density at radius 1 is 1.05 bits per heavy atom. The van der Waals surface area contributed by atoms with Crippen LogP contribution < -0.4 is 0 Å². The maximum absolute atomic E-state index is 6.48. The standard InChI is InChI=1S/C16H12Cl2N2S/c1-10-7-12(9-13(17)8-10)15-19-20-16(21-15)14(18)11-5-3-2-4-6-11/h2-9,14H,1H3. The quantitative estimate of drug-likeness (QED) is 0.591. The predicted molar refractivity (Wildman–Crippen MR) is 89.2 cm³/mol. The van der Waals surface area contributed by atoms with E-state index in [1.165, 1.54) is 11.3 Å². The fourth-order valence-corrected chi connectivity index (χ4v) is 3.53. The molecular weight excluding hydrogens is 323 g/mol. The number of rotatable bonds is 3. The van der Waals surface area contributed by atoms with E-state index in [0.29, 0.717) is 5.02 Å². The van der Waals surface area contributed by atoms with E-state index < -0.39 is 0 Å². The molecule has 0 radical (unpaired) electrons. The molecule has 106 valence electrons. The van der Waals surface area contributed by atoms with Crippen molar-refractivity contribution in [3.63, 3.8) is 0 Å². The van der Waals surface area contributed by atoms with Gasteiger partial charge in [-0.3, -0.25) is 0 Å². The van der Waals surface area contributed by atoms with E-state index in [9.17, 15) is 0 Å². The van der Waals surface area contributed by atoms with E-state index in [2.05, 4.69) is 10.2 Å². The highest BCUT2D eigenvalue weighted by Crippen LogP contribution is 2.34. The van der Waals surface area contributed by atoms with Crippen LogP contribution >= 0.6 is 34.5 Å². The second kappa shape index (κ2) is 6.14. The molecule has 1 unspecified atom stereocenters. The van der Waals surface area contributed by atoms with Crippen LogP contribution in [0.2, 0.25) is 5.02 Å². The Hall–Kier alpha value is -1.42. The summed E-state index contributed by atoms with van der Waals surface area (Å²) in [5.41, 5.74) is 3.09. The van der Waals surface area contributed by atoms with Crippen molar-refractivity contribution in [3.05, 3.63) is 69.7 Å². The second-order valence-electron chi connectivity index (χ2n) is 4.74. The molecule has 0 saturated carbocycles. The third-order valence-electron chi connectivity index (χ3n) is 3.04. The van der Waals surface area contributed by atoms with E-state index in [0.717, 1.165) is 26.7 Å². The number of halogens is 2. The summed E-state index contributed by atoms with van der Waals surface area (Å²) in [6, 6.07) is 15.7. The van der Waals surface area contributed by atoms with Gasteiger partial charge in [0.2, 0.25) is 0 Å². The second-order valence-corrected chi connectivity index (χ2v) is 6.62. The molecule has 5 heteroatoms. The van der Waals surface area contributed by atoms with Gasteiger partial charge in [0.1, 0.15) is 15.4 Å². The molecule has 0 spiro atoms. The molecule has 0 bridgehead atoms. The molecule has 3 aromatic rings. The van der Waals surface area contributed by atoms with Gasteiger partial charge >= 0.3 is 0 Å². The third-order valence-corrected chi connectivity index (χ3v) is 4.88. The van der Waals surface area contributed by atoms with Crippen molar-refractivity contribution >= 4 is 34.5 Å². The molecular formula is C16H12Cl2N2S. The van der Waals surface area contributed by atoms with E-state index in [1.807, 2.05) is 55.5 Å². The Labute approximate surface area is 137 Å². The molecule has 0 fully saturated rings. The van der Waals surface area contributed by atoms with Gasteiger partial charge < -0.3 is 0 Å². The first-order chi connectivity index (χ1) is 10.1. The normalized spacial score (nSPS) is 12.3. The van der Waals surface area contributed by atoms with E-state index in [4.69, 9.17) is 23.2 Å². The average Bonchev–Trinajstić information content (AvgIpc) is 2.96. The predicted octanol–water partition coefficient (Wildman–Crippen LogP) is 5.50. The van der Waals surface area contributed by atoms with Crippen LogP contribution in [-0.4, -0.2) is 10.2 Å². The first-order valence-corrected chi connectivity index (χ1v) is 8.06. The van der Waals surface area contributed by atoms with Crippen LogP contribution in [0.15, 0.2) is 48.5 Å². The Morgan fingerprint density at radius 3 is 2.52 bits per heavy atom. The number of nitrogens with zero attached hydrogens (tertiary/aromatic N) is 2. The molecule has 1 heterocycles. The van der Waals surface area contributed by atoms with Crippen molar-refractivity contribution in [2.75, 3.05) is 0 Å². The van der Waals surface area contributed by atoms with Gasteiger partial charge in [0.15, 0.2) is 0 Å². The summed E-state index contributed by atoms with van der Waals surface area (Å²) >= 11 is 14.1. The number of alkyl halides is 1. The topological polar surface area (TPSA) is 25.8 Å². The molecule has 0 aliphatic carbocycles. The maximum atomic E-state index is 6.48. The average molecular weight is 335 g/mol. The molecule has 2 aromatic carbocycles. The third kappa shape index (κ3) is 3.26. The Balaban J connectivity index is 1.93. The highest BCUT2D eigenvalue weighted by atomic mass is 35.5. The van der Waals surface area contributed by atoms with Gasteiger partial charge in [-0.25, -0.2) is 0 Å². The largest absolute Gasteiger partial charge is 0.147 e. The van der Waals surface area contributed by atoms with Gasteiger partial charge in [-0.15, -0.1) is 21.8 Å². The van der Waals surface area contributed by atoms with E-state index in [-0.39, 0.29) is 5.38 Å². The zero-order valence-corrected chi connectivity index (χ0v) is 13.6. The minimum Gasteiger partial charge on any atom is -0.141 e. The fourth-order valence-electron chi connectivity index (χ4n) is 2.08. The molecule has 2 nitrogen and oxygen atoms in total. The number of aromatic nitrogens is 2. The molecule has 0 aliphatic heterocycles. The van der Waals surface area contributed by atoms with Crippen molar-refractivity contribution in [1.82, 2.24) is 10.2 Å². The van der Waals surface area contributed by atoms with Crippen LogP contribution in [-0.2, 0) is 0 Å². The number of hydrogen-bond acceptors (Lipinski definition) is 3. The summed E-state index contributed by atoms with van der Waals surface area (Å²) in [4.78, 5) is 0. The summed E-state index contributed by atoms with van der Waals surface area (Å²) in [5, 5.41) is 10.5. The zero-order chi connectivity index (χ0) is 14.8.